The third kappa shape index (κ3) is 3.13. The van der Waals surface area contributed by atoms with Crippen LogP contribution < -0.4 is 15.2 Å². The Morgan fingerprint density at radius 1 is 1.21 bits per heavy atom. The lowest BCUT2D eigenvalue weighted by Gasteiger charge is -2.11. The molecule has 0 spiro atoms. The van der Waals surface area contributed by atoms with Gasteiger partial charge in [0.15, 0.2) is 5.58 Å². The predicted molar refractivity (Wildman–Crippen MR) is 90.0 cm³/mol. The molecule has 126 valence electrons. The average Bonchev–Trinajstić information content (AvgIpc) is 2.87. The summed E-state index contributed by atoms with van der Waals surface area (Å²) in [6, 6.07) is 9.50. The fourth-order valence-corrected chi connectivity index (χ4v) is 3.67. The largest absolute Gasteiger partial charge is 0.494 e. The Kier molecular flexibility index (Phi) is 4.06. The summed E-state index contributed by atoms with van der Waals surface area (Å²) >= 11 is 0. The second-order valence-electron chi connectivity index (χ2n) is 5.19. The summed E-state index contributed by atoms with van der Waals surface area (Å²) in [6.07, 6.45) is 0. The van der Waals surface area contributed by atoms with Gasteiger partial charge in [-0.1, -0.05) is 0 Å². The zero-order valence-electron chi connectivity index (χ0n) is 13.1. The summed E-state index contributed by atoms with van der Waals surface area (Å²) in [5.41, 5.74) is 1.56. The van der Waals surface area contributed by atoms with Crippen molar-refractivity contribution in [1.82, 2.24) is 4.98 Å². The zero-order valence-corrected chi connectivity index (χ0v) is 13.9. The highest BCUT2D eigenvalue weighted by atomic mass is 32.2. The number of nitrogens with one attached hydrogen (secondary N) is 2. The van der Waals surface area contributed by atoms with Crippen molar-refractivity contribution in [3.63, 3.8) is 0 Å². The van der Waals surface area contributed by atoms with Crippen molar-refractivity contribution in [3.05, 3.63) is 52.5 Å². The Hall–Kier alpha value is -2.74. The molecule has 1 heterocycles. The second-order valence-corrected chi connectivity index (χ2v) is 6.84. The van der Waals surface area contributed by atoms with Crippen LogP contribution in [-0.2, 0) is 10.0 Å². The Morgan fingerprint density at radius 3 is 2.58 bits per heavy atom. The Morgan fingerprint density at radius 2 is 1.92 bits per heavy atom. The van der Waals surface area contributed by atoms with E-state index in [0.717, 1.165) is 0 Å². The monoisotopic (exact) mass is 348 g/mol. The van der Waals surface area contributed by atoms with Crippen LogP contribution in [0.15, 0.2) is 50.5 Å². The smallest absolute Gasteiger partial charge is 0.417 e. The van der Waals surface area contributed by atoms with Crippen molar-refractivity contribution in [2.75, 3.05) is 11.3 Å². The first-order valence-corrected chi connectivity index (χ1v) is 8.76. The lowest BCUT2D eigenvalue weighted by atomic mass is 10.2. The molecule has 0 saturated carbocycles. The molecule has 3 rings (SSSR count). The van der Waals surface area contributed by atoms with Gasteiger partial charge in [0.25, 0.3) is 10.0 Å². The summed E-state index contributed by atoms with van der Waals surface area (Å²) < 4.78 is 38.0. The van der Waals surface area contributed by atoms with Gasteiger partial charge < -0.3 is 9.15 Å². The molecule has 0 aliphatic heterocycles. The maximum atomic E-state index is 12.6. The fraction of sp³-hybridized carbons (Fsp3) is 0.188. The number of aromatic amines is 1. The zero-order chi connectivity index (χ0) is 17.3. The van der Waals surface area contributed by atoms with Gasteiger partial charge in [-0.3, -0.25) is 9.71 Å². The number of anilines is 1. The maximum Gasteiger partial charge on any atom is 0.417 e. The van der Waals surface area contributed by atoms with E-state index in [-0.39, 0.29) is 10.5 Å². The van der Waals surface area contributed by atoms with Crippen LogP contribution in [0.5, 0.6) is 5.75 Å². The van der Waals surface area contributed by atoms with Crippen LogP contribution in [0.25, 0.3) is 11.1 Å². The Bertz CT molecular complexity index is 1030. The summed E-state index contributed by atoms with van der Waals surface area (Å²) in [5.74, 6) is 0.0329. The van der Waals surface area contributed by atoms with Crippen LogP contribution >= 0.6 is 0 Å². The first kappa shape index (κ1) is 16.1. The van der Waals surface area contributed by atoms with Gasteiger partial charge in [-0.15, -0.1) is 0 Å². The number of hydrogen-bond donors (Lipinski definition) is 2. The van der Waals surface area contributed by atoms with Crippen molar-refractivity contribution < 1.29 is 17.6 Å². The molecular weight excluding hydrogens is 332 g/mol. The molecule has 24 heavy (non-hydrogen) atoms. The van der Waals surface area contributed by atoms with Crippen LogP contribution in [-0.4, -0.2) is 20.0 Å². The van der Waals surface area contributed by atoms with E-state index in [1.807, 2.05) is 6.92 Å². The van der Waals surface area contributed by atoms with Crippen molar-refractivity contribution in [3.8, 4) is 5.75 Å². The van der Waals surface area contributed by atoms with Crippen molar-refractivity contribution >= 4 is 26.8 Å². The molecule has 0 radical (unpaired) electrons. The number of H-pyrrole nitrogens is 1. The first-order chi connectivity index (χ1) is 11.4. The number of aryl methyl sites for hydroxylation is 1. The van der Waals surface area contributed by atoms with Gasteiger partial charge >= 0.3 is 5.76 Å². The summed E-state index contributed by atoms with van der Waals surface area (Å²) in [6.45, 7) is 4.05. The van der Waals surface area contributed by atoms with Crippen molar-refractivity contribution in [1.29, 1.82) is 0 Å². The molecule has 0 amide bonds. The van der Waals surface area contributed by atoms with Gasteiger partial charge in [-0.05, 0) is 49.7 Å². The van der Waals surface area contributed by atoms with E-state index < -0.39 is 15.8 Å². The number of sulfonamides is 1. The molecule has 3 aromatic rings. The molecule has 0 saturated heterocycles. The van der Waals surface area contributed by atoms with Crippen LogP contribution in [0.1, 0.15) is 12.5 Å². The fourth-order valence-electron chi connectivity index (χ4n) is 2.37. The van der Waals surface area contributed by atoms with Crippen molar-refractivity contribution in [2.45, 2.75) is 18.7 Å². The molecule has 0 bridgehead atoms. The minimum atomic E-state index is -3.82. The summed E-state index contributed by atoms with van der Waals surface area (Å²) in [7, 11) is -3.82. The molecule has 0 fully saturated rings. The van der Waals surface area contributed by atoms with E-state index in [2.05, 4.69) is 9.71 Å². The summed E-state index contributed by atoms with van der Waals surface area (Å²) in [4.78, 5) is 13.8. The molecule has 8 heteroatoms. The highest BCUT2D eigenvalue weighted by molar-refractivity contribution is 7.92. The third-order valence-electron chi connectivity index (χ3n) is 3.42. The molecule has 2 N–H and O–H groups in total. The third-order valence-corrected chi connectivity index (χ3v) is 4.95. The lowest BCUT2D eigenvalue weighted by molar-refractivity contribution is 0.340. The topological polar surface area (TPSA) is 101 Å². The quantitative estimate of drug-likeness (QED) is 0.738. The van der Waals surface area contributed by atoms with Crippen LogP contribution in [0.3, 0.4) is 0 Å². The normalized spacial score (nSPS) is 11.6. The van der Waals surface area contributed by atoms with Gasteiger partial charge in [0.2, 0.25) is 0 Å². The van der Waals surface area contributed by atoms with Crippen molar-refractivity contribution in [2.24, 2.45) is 0 Å². The minimum Gasteiger partial charge on any atom is -0.494 e. The highest BCUT2D eigenvalue weighted by Crippen LogP contribution is 2.24. The number of fused-ring (bicyclic) bond motifs is 1. The Balaban J connectivity index is 1.95. The van der Waals surface area contributed by atoms with Gasteiger partial charge in [0, 0.05) is 11.8 Å². The number of oxazole rings is 1. The summed E-state index contributed by atoms with van der Waals surface area (Å²) in [5, 5.41) is 0. The van der Waals surface area contributed by atoms with Gasteiger partial charge in [-0.25, -0.2) is 13.2 Å². The SMILES string of the molecule is CCOc1ccc(NS(=O)(=O)c2cc3oc(=O)[nH]c3cc2C)cc1. The molecule has 0 aliphatic rings. The second kappa shape index (κ2) is 6.04. The lowest BCUT2D eigenvalue weighted by Crippen LogP contribution is -2.14. The van der Waals surface area contributed by atoms with Crippen LogP contribution in [0, 0.1) is 6.92 Å². The van der Waals surface area contributed by atoms with E-state index in [1.165, 1.54) is 6.07 Å². The number of benzene rings is 2. The van der Waals surface area contributed by atoms with E-state index >= 15 is 0 Å². The Labute approximate surface area is 138 Å². The average molecular weight is 348 g/mol. The predicted octanol–water partition coefficient (Wildman–Crippen LogP) is 2.63. The number of aromatic nitrogens is 1. The standard InChI is InChI=1S/C16H16N2O5S/c1-3-22-12-6-4-11(5-7-12)18-24(20,21)15-9-14-13(8-10(15)2)17-16(19)23-14/h4-9,18H,3H2,1-2H3,(H,17,19). The van der Waals surface area contributed by atoms with Gasteiger partial charge in [-0.2, -0.15) is 0 Å². The van der Waals surface area contributed by atoms with E-state index in [4.69, 9.17) is 9.15 Å². The number of ether oxygens (including phenoxy) is 1. The van der Waals surface area contributed by atoms with E-state index in [0.29, 0.717) is 29.1 Å². The van der Waals surface area contributed by atoms with Crippen LogP contribution in [0.2, 0.25) is 0 Å². The van der Waals surface area contributed by atoms with E-state index in [1.54, 1.807) is 37.3 Å². The van der Waals surface area contributed by atoms with Gasteiger partial charge in [0.05, 0.1) is 17.0 Å². The molecule has 0 atom stereocenters. The highest BCUT2D eigenvalue weighted by Gasteiger charge is 2.19. The molecule has 1 aromatic heterocycles. The van der Waals surface area contributed by atoms with E-state index in [9.17, 15) is 13.2 Å². The molecule has 2 aromatic carbocycles. The number of hydrogen-bond acceptors (Lipinski definition) is 5. The molecule has 7 nitrogen and oxygen atoms in total. The molecule has 0 aliphatic carbocycles. The first-order valence-electron chi connectivity index (χ1n) is 7.28. The molecule has 0 unspecified atom stereocenters. The van der Waals surface area contributed by atoms with Gasteiger partial charge in [0.1, 0.15) is 5.75 Å². The maximum absolute atomic E-state index is 12.6. The van der Waals surface area contributed by atoms with Crippen LogP contribution in [0.4, 0.5) is 5.69 Å². The number of rotatable bonds is 5. The minimum absolute atomic E-state index is 0.0478. The molecular formula is C16H16N2O5S.